The Morgan fingerprint density at radius 1 is 1.14 bits per heavy atom. The summed E-state index contributed by atoms with van der Waals surface area (Å²) >= 11 is 0. The molecule has 1 aliphatic heterocycles. The van der Waals surface area contributed by atoms with E-state index in [1.807, 2.05) is 30.3 Å². The van der Waals surface area contributed by atoms with Crippen LogP contribution in [-0.4, -0.2) is 47.0 Å². The van der Waals surface area contributed by atoms with Crippen molar-refractivity contribution in [3.8, 4) is 0 Å². The van der Waals surface area contributed by atoms with Gasteiger partial charge in [-0.05, 0) is 18.4 Å². The molecule has 0 bridgehead atoms. The van der Waals surface area contributed by atoms with Crippen LogP contribution in [0.2, 0.25) is 0 Å². The molecule has 1 saturated heterocycles. The highest BCUT2D eigenvalue weighted by molar-refractivity contribution is 5.22. The second-order valence-corrected chi connectivity index (χ2v) is 5.67. The first-order valence-electron chi connectivity index (χ1n) is 7.04. The van der Waals surface area contributed by atoms with Gasteiger partial charge in [-0.15, -0.1) is 0 Å². The highest BCUT2D eigenvalue weighted by Gasteiger charge is 2.36. The van der Waals surface area contributed by atoms with Crippen molar-refractivity contribution >= 4 is 0 Å². The SMILES string of the molecule is O[C@@H](CN1CCC(O)(c2ccccc2)CC1)CC(F)(F)F. The Hall–Kier alpha value is -1.11. The van der Waals surface area contributed by atoms with Crippen LogP contribution in [0.1, 0.15) is 24.8 Å². The van der Waals surface area contributed by atoms with Crippen LogP contribution in [-0.2, 0) is 5.60 Å². The zero-order valence-corrected chi connectivity index (χ0v) is 11.7. The molecule has 6 heteroatoms. The molecule has 1 aromatic carbocycles. The normalized spacial score (nSPS) is 21.2. The van der Waals surface area contributed by atoms with Crippen molar-refractivity contribution in [1.29, 1.82) is 0 Å². The number of halogens is 3. The number of aliphatic hydroxyl groups excluding tert-OH is 1. The summed E-state index contributed by atoms with van der Waals surface area (Å²) in [4.78, 5) is 1.77. The smallest absolute Gasteiger partial charge is 0.391 e. The van der Waals surface area contributed by atoms with Crippen LogP contribution in [0.5, 0.6) is 0 Å². The number of aliphatic hydroxyl groups is 2. The third-order valence-corrected chi connectivity index (χ3v) is 3.93. The molecule has 0 unspecified atom stereocenters. The summed E-state index contributed by atoms with van der Waals surface area (Å²) in [6.45, 7) is 0.936. The molecule has 0 aromatic heterocycles. The lowest BCUT2D eigenvalue weighted by Gasteiger charge is -2.39. The fraction of sp³-hybridized carbons (Fsp3) is 0.600. The molecule has 0 radical (unpaired) electrons. The minimum atomic E-state index is -4.35. The molecule has 0 spiro atoms. The van der Waals surface area contributed by atoms with Crippen molar-refractivity contribution in [1.82, 2.24) is 4.90 Å². The maximum absolute atomic E-state index is 12.2. The third-order valence-electron chi connectivity index (χ3n) is 3.93. The van der Waals surface area contributed by atoms with Crippen molar-refractivity contribution in [2.24, 2.45) is 0 Å². The van der Waals surface area contributed by atoms with E-state index in [4.69, 9.17) is 0 Å². The largest absolute Gasteiger partial charge is 0.391 e. The summed E-state index contributed by atoms with van der Waals surface area (Å²) in [6.07, 6.45) is -6.04. The van der Waals surface area contributed by atoms with E-state index in [1.54, 1.807) is 4.90 Å². The van der Waals surface area contributed by atoms with Crippen molar-refractivity contribution in [3.63, 3.8) is 0 Å². The first kappa shape index (κ1) is 16.3. The highest BCUT2D eigenvalue weighted by Crippen LogP contribution is 2.33. The minimum Gasteiger partial charge on any atom is -0.391 e. The topological polar surface area (TPSA) is 43.7 Å². The number of alkyl halides is 3. The maximum Gasteiger partial charge on any atom is 0.391 e. The van der Waals surface area contributed by atoms with Crippen LogP contribution in [0, 0.1) is 0 Å². The second-order valence-electron chi connectivity index (χ2n) is 5.67. The lowest BCUT2D eigenvalue weighted by atomic mass is 9.84. The van der Waals surface area contributed by atoms with E-state index in [0.29, 0.717) is 25.9 Å². The molecular formula is C15H20F3NO2. The van der Waals surface area contributed by atoms with E-state index in [0.717, 1.165) is 5.56 Å². The van der Waals surface area contributed by atoms with Crippen LogP contribution in [0.3, 0.4) is 0 Å². The van der Waals surface area contributed by atoms with Gasteiger partial charge in [0.15, 0.2) is 0 Å². The van der Waals surface area contributed by atoms with Gasteiger partial charge in [-0.1, -0.05) is 30.3 Å². The molecule has 0 aliphatic carbocycles. The first-order chi connectivity index (χ1) is 9.78. The van der Waals surface area contributed by atoms with E-state index < -0.39 is 24.3 Å². The molecular weight excluding hydrogens is 283 g/mol. The average Bonchev–Trinajstić information content (AvgIpc) is 2.40. The number of hydrogen-bond acceptors (Lipinski definition) is 3. The number of rotatable bonds is 4. The number of piperidine rings is 1. The maximum atomic E-state index is 12.2. The summed E-state index contributed by atoms with van der Waals surface area (Å²) in [6, 6.07) is 9.29. The molecule has 0 saturated carbocycles. The number of hydrogen-bond donors (Lipinski definition) is 2. The predicted molar refractivity (Wildman–Crippen MR) is 72.7 cm³/mol. The van der Waals surface area contributed by atoms with Crippen molar-refractivity contribution in [2.75, 3.05) is 19.6 Å². The Bertz CT molecular complexity index is 442. The Balaban J connectivity index is 1.86. The average molecular weight is 303 g/mol. The fourth-order valence-corrected chi connectivity index (χ4v) is 2.77. The second kappa shape index (κ2) is 6.34. The first-order valence-corrected chi connectivity index (χ1v) is 7.04. The van der Waals surface area contributed by atoms with Crippen LogP contribution >= 0.6 is 0 Å². The lowest BCUT2D eigenvalue weighted by Crippen LogP contribution is -2.45. The Morgan fingerprint density at radius 3 is 2.24 bits per heavy atom. The van der Waals surface area contributed by atoms with Gasteiger partial charge in [-0.3, -0.25) is 0 Å². The number of nitrogens with zero attached hydrogens (tertiary/aromatic N) is 1. The van der Waals surface area contributed by atoms with E-state index in [-0.39, 0.29) is 6.54 Å². The van der Waals surface area contributed by atoms with Gasteiger partial charge in [0.25, 0.3) is 0 Å². The third kappa shape index (κ3) is 4.69. The zero-order chi connectivity index (χ0) is 15.5. The summed E-state index contributed by atoms with van der Waals surface area (Å²) in [5.74, 6) is 0. The fourth-order valence-electron chi connectivity index (χ4n) is 2.77. The van der Waals surface area contributed by atoms with Crippen molar-refractivity contribution in [3.05, 3.63) is 35.9 Å². The molecule has 1 aliphatic rings. The van der Waals surface area contributed by atoms with E-state index in [1.165, 1.54) is 0 Å². The number of likely N-dealkylation sites (tertiary alicyclic amines) is 1. The van der Waals surface area contributed by atoms with Gasteiger partial charge in [0, 0.05) is 19.6 Å². The molecule has 21 heavy (non-hydrogen) atoms. The van der Waals surface area contributed by atoms with E-state index >= 15 is 0 Å². The molecule has 2 N–H and O–H groups in total. The molecule has 1 aromatic rings. The lowest BCUT2D eigenvalue weighted by molar-refractivity contribution is -0.156. The summed E-state index contributed by atoms with van der Waals surface area (Å²) < 4.78 is 36.6. The monoisotopic (exact) mass is 303 g/mol. The summed E-state index contributed by atoms with van der Waals surface area (Å²) in [7, 11) is 0. The van der Waals surface area contributed by atoms with Gasteiger partial charge >= 0.3 is 6.18 Å². The van der Waals surface area contributed by atoms with Crippen LogP contribution in [0.15, 0.2) is 30.3 Å². The van der Waals surface area contributed by atoms with Gasteiger partial charge in [0.05, 0.1) is 18.1 Å². The van der Waals surface area contributed by atoms with Gasteiger partial charge in [-0.2, -0.15) is 13.2 Å². The van der Waals surface area contributed by atoms with Gasteiger partial charge in [0.1, 0.15) is 0 Å². The quantitative estimate of drug-likeness (QED) is 0.897. The molecule has 2 rings (SSSR count). The summed E-state index contributed by atoms with van der Waals surface area (Å²) in [5.41, 5.74) is -0.0901. The predicted octanol–water partition coefficient (Wildman–Crippen LogP) is 2.28. The zero-order valence-electron chi connectivity index (χ0n) is 11.7. The standard InChI is InChI=1S/C15H20F3NO2/c16-15(17,18)10-13(20)11-19-8-6-14(21,7-9-19)12-4-2-1-3-5-12/h1-5,13,20-21H,6-11H2/t13-/m1/s1. The molecule has 118 valence electrons. The van der Waals surface area contributed by atoms with E-state index in [2.05, 4.69) is 0 Å². The Kier molecular flexibility index (Phi) is 4.91. The number of β-amino-alcohol motifs (C(OH)–C–C–N with tert-alkyl or cyclic N) is 1. The Labute approximate surface area is 122 Å². The molecule has 1 fully saturated rings. The van der Waals surface area contributed by atoms with Gasteiger partial charge < -0.3 is 15.1 Å². The molecule has 0 amide bonds. The van der Waals surface area contributed by atoms with Crippen LogP contribution in [0.4, 0.5) is 13.2 Å². The van der Waals surface area contributed by atoms with Gasteiger partial charge in [0.2, 0.25) is 0 Å². The highest BCUT2D eigenvalue weighted by atomic mass is 19.4. The molecule has 1 heterocycles. The molecule has 3 nitrogen and oxygen atoms in total. The van der Waals surface area contributed by atoms with Gasteiger partial charge in [-0.25, -0.2) is 0 Å². The minimum absolute atomic E-state index is 0.00954. The van der Waals surface area contributed by atoms with Crippen LogP contribution in [0.25, 0.3) is 0 Å². The van der Waals surface area contributed by atoms with E-state index in [9.17, 15) is 23.4 Å². The van der Waals surface area contributed by atoms with Crippen LogP contribution < -0.4 is 0 Å². The number of benzene rings is 1. The summed E-state index contributed by atoms with van der Waals surface area (Å²) in [5, 5.41) is 20.1. The molecule has 1 atom stereocenters. The van der Waals surface area contributed by atoms with Crippen molar-refractivity contribution in [2.45, 2.75) is 37.1 Å². The van der Waals surface area contributed by atoms with Crippen molar-refractivity contribution < 1.29 is 23.4 Å². The Morgan fingerprint density at radius 2 is 1.71 bits per heavy atom.